The summed E-state index contributed by atoms with van der Waals surface area (Å²) in [5.74, 6) is 0.356. The van der Waals surface area contributed by atoms with E-state index < -0.39 is 11.9 Å². The number of hydrogen-bond donors (Lipinski definition) is 1. The Hall–Kier alpha value is -2.30. The van der Waals surface area contributed by atoms with Crippen LogP contribution in [-0.2, 0) is 11.3 Å². The third-order valence-corrected chi connectivity index (χ3v) is 3.74. The van der Waals surface area contributed by atoms with E-state index in [1.807, 2.05) is 28.8 Å². The zero-order chi connectivity index (χ0) is 14.1. The molecular formula is C15H16N2O3. The standard InChI is InChI=1S/C15H16N2O3/c1-20-11-5-2-4-10(8-11)14-16-9-13-12(15(18)19)6-3-7-17(13)14/h2,4-5,8-9,12H,3,6-7H2,1H3,(H,18,19). The van der Waals surface area contributed by atoms with E-state index in [4.69, 9.17) is 4.74 Å². The molecule has 0 saturated heterocycles. The van der Waals surface area contributed by atoms with Crippen molar-refractivity contribution in [2.75, 3.05) is 7.11 Å². The van der Waals surface area contributed by atoms with Crippen LogP contribution in [0, 0.1) is 0 Å². The van der Waals surface area contributed by atoms with E-state index in [9.17, 15) is 9.90 Å². The van der Waals surface area contributed by atoms with Gasteiger partial charge in [-0.3, -0.25) is 4.79 Å². The van der Waals surface area contributed by atoms with Crippen LogP contribution in [0.3, 0.4) is 0 Å². The fraction of sp³-hybridized carbons (Fsp3) is 0.333. The zero-order valence-electron chi connectivity index (χ0n) is 11.2. The second-order valence-corrected chi connectivity index (χ2v) is 4.92. The highest BCUT2D eigenvalue weighted by Crippen LogP contribution is 2.32. The number of carboxylic acids is 1. The molecule has 5 nitrogen and oxygen atoms in total. The number of imidazole rings is 1. The first-order valence-electron chi connectivity index (χ1n) is 6.63. The molecule has 1 aromatic carbocycles. The average molecular weight is 272 g/mol. The van der Waals surface area contributed by atoms with Crippen molar-refractivity contribution in [1.82, 2.24) is 9.55 Å². The van der Waals surface area contributed by atoms with Crippen LogP contribution >= 0.6 is 0 Å². The quantitative estimate of drug-likeness (QED) is 0.932. The minimum atomic E-state index is -0.775. The highest BCUT2D eigenvalue weighted by atomic mass is 16.5. The molecule has 1 N–H and O–H groups in total. The Labute approximate surface area is 116 Å². The number of rotatable bonds is 3. The van der Waals surface area contributed by atoms with E-state index in [2.05, 4.69) is 4.98 Å². The molecule has 1 aliphatic rings. The van der Waals surface area contributed by atoms with E-state index in [-0.39, 0.29) is 0 Å². The van der Waals surface area contributed by atoms with Gasteiger partial charge in [-0.2, -0.15) is 0 Å². The van der Waals surface area contributed by atoms with Gasteiger partial charge in [-0.15, -0.1) is 0 Å². The Kier molecular flexibility index (Phi) is 3.18. The summed E-state index contributed by atoms with van der Waals surface area (Å²) in [6.45, 7) is 0.811. The Bertz CT molecular complexity index is 648. The van der Waals surface area contributed by atoms with Gasteiger partial charge in [0.05, 0.1) is 18.7 Å². The predicted molar refractivity (Wildman–Crippen MR) is 73.8 cm³/mol. The molecule has 1 aromatic heterocycles. The molecule has 0 spiro atoms. The van der Waals surface area contributed by atoms with Crippen molar-refractivity contribution < 1.29 is 14.6 Å². The molecule has 5 heteroatoms. The minimum Gasteiger partial charge on any atom is -0.497 e. The molecule has 0 amide bonds. The summed E-state index contributed by atoms with van der Waals surface area (Å²) in [5, 5.41) is 9.29. The van der Waals surface area contributed by atoms with Crippen molar-refractivity contribution >= 4 is 5.97 Å². The SMILES string of the molecule is COc1cccc(-c2ncc3n2CCCC3C(=O)O)c1. The van der Waals surface area contributed by atoms with Crippen LogP contribution in [0.4, 0.5) is 0 Å². The van der Waals surface area contributed by atoms with Crippen molar-refractivity contribution in [2.45, 2.75) is 25.3 Å². The lowest BCUT2D eigenvalue weighted by Gasteiger charge is -2.22. The maximum atomic E-state index is 11.3. The van der Waals surface area contributed by atoms with Crippen molar-refractivity contribution in [3.8, 4) is 17.1 Å². The topological polar surface area (TPSA) is 64.4 Å². The number of nitrogens with zero attached hydrogens (tertiary/aromatic N) is 2. The second kappa shape index (κ2) is 5.00. The fourth-order valence-electron chi connectivity index (χ4n) is 2.75. The summed E-state index contributed by atoms with van der Waals surface area (Å²) in [7, 11) is 1.63. The first-order chi connectivity index (χ1) is 9.70. The molecule has 104 valence electrons. The molecule has 20 heavy (non-hydrogen) atoms. The smallest absolute Gasteiger partial charge is 0.312 e. The van der Waals surface area contributed by atoms with E-state index >= 15 is 0 Å². The summed E-state index contributed by atoms with van der Waals surface area (Å²) < 4.78 is 7.24. The van der Waals surface area contributed by atoms with Gasteiger partial charge in [0, 0.05) is 18.3 Å². The Morgan fingerprint density at radius 2 is 2.35 bits per heavy atom. The van der Waals surface area contributed by atoms with Crippen LogP contribution in [0.2, 0.25) is 0 Å². The average Bonchev–Trinajstić information content (AvgIpc) is 2.91. The van der Waals surface area contributed by atoms with Gasteiger partial charge in [0.25, 0.3) is 0 Å². The lowest BCUT2D eigenvalue weighted by Crippen LogP contribution is -2.21. The fourth-order valence-corrected chi connectivity index (χ4v) is 2.75. The molecule has 0 aliphatic carbocycles. The van der Waals surface area contributed by atoms with Crippen LogP contribution in [-0.4, -0.2) is 27.7 Å². The number of aromatic nitrogens is 2. The number of methoxy groups -OCH3 is 1. The maximum absolute atomic E-state index is 11.3. The molecular weight excluding hydrogens is 256 g/mol. The third-order valence-electron chi connectivity index (χ3n) is 3.74. The number of carboxylic acid groups (broad SMARTS) is 1. The molecule has 0 saturated carbocycles. The van der Waals surface area contributed by atoms with Crippen molar-refractivity contribution in [3.05, 3.63) is 36.2 Å². The van der Waals surface area contributed by atoms with Gasteiger partial charge in [0.15, 0.2) is 0 Å². The molecule has 0 bridgehead atoms. The third kappa shape index (κ3) is 2.05. The van der Waals surface area contributed by atoms with Gasteiger partial charge < -0.3 is 14.4 Å². The van der Waals surface area contributed by atoms with E-state index in [1.165, 1.54) is 0 Å². The summed E-state index contributed by atoms with van der Waals surface area (Å²) in [4.78, 5) is 15.7. The lowest BCUT2D eigenvalue weighted by atomic mass is 9.96. The van der Waals surface area contributed by atoms with Crippen LogP contribution < -0.4 is 4.74 Å². The van der Waals surface area contributed by atoms with Gasteiger partial charge in [-0.25, -0.2) is 4.98 Å². The van der Waals surface area contributed by atoms with Gasteiger partial charge in [-0.1, -0.05) is 12.1 Å². The van der Waals surface area contributed by atoms with E-state index in [1.54, 1.807) is 13.3 Å². The molecule has 1 aliphatic heterocycles. The number of aliphatic carboxylic acids is 1. The second-order valence-electron chi connectivity index (χ2n) is 4.92. The van der Waals surface area contributed by atoms with Gasteiger partial charge >= 0.3 is 5.97 Å². The van der Waals surface area contributed by atoms with Gasteiger partial charge in [0.1, 0.15) is 11.6 Å². The summed E-state index contributed by atoms with van der Waals surface area (Å²) >= 11 is 0. The number of ether oxygens (including phenoxy) is 1. The van der Waals surface area contributed by atoms with Crippen molar-refractivity contribution in [1.29, 1.82) is 0 Å². The van der Waals surface area contributed by atoms with Crippen LogP contribution in [0.15, 0.2) is 30.5 Å². The Balaban J connectivity index is 2.06. The molecule has 2 heterocycles. The van der Waals surface area contributed by atoms with E-state index in [0.717, 1.165) is 35.8 Å². The molecule has 1 unspecified atom stereocenters. The number of carbonyl (C=O) groups is 1. The first kappa shape index (κ1) is 12.7. The number of hydrogen-bond acceptors (Lipinski definition) is 3. The monoisotopic (exact) mass is 272 g/mol. The highest BCUT2D eigenvalue weighted by molar-refractivity contribution is 5.76. The summed E-state index contributed by atoms with van der Waals surface area (Å²) in [6, 6.07) is 7.67. The van der Waals surface area contributed by atoms with Crippen LogP contribution in [0.25, 0.3) is 11.4 Å². The summed E-state index contributed by atoms with van der Waals surface area (Å²) in [5.41, 5.74) is 1.74. The number of benzene rings is 1. The first-order valence-corrected chi connectivity index (χ1v) is 6.63. The summed E-state index contributed by atoms with van der Waals surface area (Å²) in [6.07, 6.45) is 3.22. The predicted octanol–water partition coefficient (Wildman–Crippen LogP) is 2.52. The normalized spacial score (nSPS) is 17.6. The molecule has 0 radical (unpaired) electrons. The van der Waals surface area contributed by atoms with Crippen LogP contribution in [0.1, 0.15) is 24.5 Å². The van der Waals surface area contributed by atoms with Crippen LogP contribution in [0.5, 0.6) is 5.75 Å². The lowest BCUT2D eigenvalue weighted by molar-refractivity contribution is -0.139. The van der Waals surface area contributed by atoms with Gasteiger partial charge in [-0.05, 0) is 25.0 Å². The van der Waals surface area contributed by atoms with E-state index in [0.29, 0.717) is 6.42 Å². The Morgan fingerprint density at radius 1 is 1.50 bits per heavy atom. The molecule has 1 atom stereocenters. The van der Waals surface area contributed by atoms with Crippen molar-refractivity contribution in [3.63, 3.8) is 0 Å². The zero-order valence-corrected chi connectivity index (χ0v) is 11.2. The molecule has 3 rings (SSSR count). The van der Waals surface area contributed by atoms with Gasteiger partial charge in [0.2, 0.25) is 0 Å². The number of fused-ring (bicyclic) bond motifs is 1. The Morgan fingerprint density at radius 3 is 3.10 bits per heavy atom. The van der Waals surface area contributed by atoms with Crippen molar-refractivity contribution in [2.24, 2.45) is 0 Å². The minimum absolute atomic E-state index is 0.449. The molecule has 2 aromatic rings. The molecule has 0 fully saturated rings. The maximum Gasteiger partial charge on any atom is 0.312 e. The highest BCUT2D eigenvalue weighted by Gasteiger charge is 2.28. The largest absolute Gasteiger partial charge is 0.497 e.